The average Bonchev–Trinajstić information content (AvgIpc) is 2.87. The summed E-state index contributed by atoms with van der Waals surface area (Å²) in [6.07, 6.45) is 1.18. The van der Waals surface area contributed by atoms with Gasteiger partial charge in [0.2, 0.25) is 5.91 Å². The van der Waals surface area contributed by atoms with Gasteiger partial charge in [-0.1, -0.05) is 49.8 Å². The van der Waals surface area contributed by atoms with Crippen molar-refractivity contribution in [2.75, 3.05) is 14.1 Å². The molecule has 0 fully saturated rings. The molecule has 1 aliphatic rings. The normalized spacial score (nSPS) is 16.0. The summed E-state index contributed by atoms with van der Waals surface area (Å²) in [6, 6.07) is 13.8. The third-order valence-electron chi connectivity index (χ3n) is 5.63. The lowest BCUT2D eigenvalue weighted by Crippen LogP contribution is -2.21. The Labute approximate surface area is 161 Å². The maximum atomic E-state index is 13.9. The molecule has 0 N–H and O–H groups in total. The van der Waals surface area contributed by atoms with Gasteiger partial charge in [0.15, 0.2) is 0 Å². The van der Waals surface area contributed by atoms with Crippen molar-refractivity contribution >= 4 is 11.5 Å². The lowest BCUT2D eigenvalue weighted by molar-refractivity contribution is -0.127. The van der Waals surface area contributed by atoms with Gasteiger partial charge in [0, 0.05) is 20.0 Å². The number of hydrogen-bond donors (Lipinski definition) is 0. The van der Waals surface area contributed by atoms with Crippen molar-refractivity contribution in [3.8, 4) is 0 Å². The lowest BCUT2D eigenvalue weighted by Gasteiger charge is -2.15. The van der Waals surface area contributed by atoms with E-state index in [1.807, 2.05) is 6.07 Å². The zero-order valence-corrected chi connectivity index (χ0v) is 16.8. The Morgan fingerprint density at radius 1 is 1.11 bits per heavy atom. The predicted octanol–water partition coefficient (Wildman–Crippen LogP) is 5.54. The molecule has 1 aliphatic carbocycles. The van der Waals surface area contributed by atoms with Gasteiger partial charge in [0.25, 0.3) is 0 Å². The maximum absolute atomic E-state index is 13.9. The Hall–Kier alpha value is -2.42. The van der Waals surface area contributed by atoms with Gasteiger partial charge >= 0.3 is 0 Å². The van der Waals surface area contributed by atoms with Crippen molar-refractivity contribution in [1.82, 2.24) is 4.90 Å². The highest BCUT2D eigenvalue weighted by atomic mass is 19.1. The second-order valence-corrected chi connectivity index (χ2v) is 8.01. The molecule has 0 aromatic heterocycles. The summed E-state index contributed by atoms with van der Waals surface area (Å²) in [5, 5.41) is 0. The van der Waals surface area contributed by atoms with E-state index < -0.39 is 0 Å². The van der Waals surface area contributed by atoms with Crippen molar-refractivity contribution in [1.29, 1.82) is 0 Å². The Kier molecular flexibility index (Phi) is 5.50. The number of carbonyl (C=O) groups excluding carboxylic acids is 1. The van der Waals surface area contributed by atoms with Crippen molar-refractivity contribution < 1.29 is 9.18 Å². The van der Waals surface area contributed by atoms with Crippen LogP contribution < -0.4 is 0 Å². The third kappa shape index (κ3) is 3.97. The smallest absolute Gasteiger partial charge is 0.226 e. The largest absolute Gasteiger partial charge is 0.349 e. The molecule has 0 spiro atoms. The quantitative estimate of drug-likeness (QED) is 0.681. The summed E-state index contributed by atoms with van der Waals surface area (Å²) in [5.74, 6) is 0.495. The average molecular weight is 365 g/mol. The molecule has 0 heterocycles. The van der Waals surface area contributed by atoms with Crippen LogP contribution >= 0.6 is 0 Å². The van der Waals surface area contributed by atoms with E-state index in [4.69, 9.17) is 0 Å². The van der Waals surface area contributed by atoms with E-state index in [1.54, 1.807) is 25.1 Å². The van der Waals surface area contributed by atoms with E-state index in [-0.39, 0.29) is 17.6 Å². The minimum Gasteiger partial charge on any atom is -0.349 e. The fourth-order valence-corrected chi connectivity index (χ4v) is 3.83. The standard InChI is InChI=1S/C24H28FNO/c1-15(2)18-8-6-17(7-9-18)12-21-16(3)22(14-24(27)26(4)5)23-13-19(25)10-11-20(21)23/h6-11,13,15,21H,12,14H2,1-5H3. The molecule has 0 bridgehead atoms. The van der Waals surface area contributed by atoms with Gasteiger partial charge in [-0.3, -0.25) is 4.79 Å². The molecule has 3 heteroatoms. The molecule has 0 saturated carbocycles. The first-order chi connectivity index (χ1) is 12.8. The number of amides is 1. The summed E-state index contributed by atoms with van der Waals surface area (Å²) >= 11 is 0. The monoisotopic (exact) mass is 365 g/mol. The van der Waals surface area contributed by atoms with Crippen molar-refractivity contribution in [3.63, 3.8) is 0 Å². The van der Waals surface area contributed by atoms with E-state index in [0.717, 1.165) is 23.1 Å². The van der Waals surface area contributed by atoms with Gasteiger partial charge in [-0.15, -0.1) is 0 Å². The molecular weight excluding hydrogens is 337 g/mol. The van der Waals surface area contributed by atoms with Crippen LogP contribution in [-0.2, 0) is 11.2 Å². The fourth-order valence-electron chi connectivity index (χ4n) is 3.83. The first-order valence-corrected chi connectivity index (χ1v) is 9.56. The van der Waals surface area contributed by atoms with Gasteiger partial charge in [-0.25, -0.2) is 4.39 Å². The Morgan fingerprint density at radius 3 is 2.37 bits per heavy atom. The number of hydrogen-bond acceptors (Lipinski definition) is 1. The first kappa shape index (κ1) is 19.3. The third-order valence-corrected chi connectivity index (χ3v) is 5.63. The van der Waals surface area contributed by atoms with Crippen molar-refractivity contribution in [2.45, 2.75) is 45.4 Å². The van der Waals surface area contributed by atoms with E-state index in [1.165, 1.54) is 22.8 Å². The van der Waals surface area contributed by atoms with Crippen LogP contribution in [0, 0.1) is 5.82 Å². The van der Waals surface area contributed by atoms with Crippen LogP contribution in [0.4, 0.5) is 4.39 Å². The Morgan fingerprint density at radius 2 is 1.78 bits per heavy atom. The van der Waals surface area contributed by atoms with Gasteiger partial charge < -0.3 is 4.90 Å². The van der Waals surface area contributed by atoms with Crippen LogP contribution in [0.15, 0.2) is 48.0 Å². The molecule has 2 aromatic rings. The van der Waals surface area contributed by atoms with Crippen LogP contribution in [-0.4, -0.2) is 24.9 Å². The van der Waals surface area contributed by atoms with Crippen LogP contribution in [0.3, 0.4) is 0 Å². The molecule has 27 heavy (non-hydrogen) atoms. The molecule has 1 atom stereocenters. The van der Waals surface area contributed by atoms with E-state index in [2.05, 4.69) is 45.0 Å². The molecule has 2 nitrogen and oxygen atoms in total. The van der Waals surface area contributed by atoms with Crippen molar-refractivity contribution in [3.05, 3.63) is 76.1 Å². The SMILES string of the molecule is CC1=C(CC(=O)N(C)C)c2cc(F)ccc2C1Cc1ccc(C(C)C)cc1. The van der Waals surface area contributed by atoms with E-state index in [9.17, 15) is 9.18 Å². The number of allylic oxidation sites excluding steroid dienone is 1. The number of halogens is 1. The first-order valence-electron chi connectivity index (χ1n) is 9.56. The molecule has 142 valence electrons. The van der Waals surface area contributed by atoms with Gasteiger partial charge in [-0.2, -0.15) is 0 Å². The number of nitrogens with zero attached hydrogens (tertiary/aromatic N) is 1. The lowest BCUT2D eigenvalue weighted by atomic mass is 9.89. The molecular formula is C24H28FNO. The number of carbonyl (C=O) groups is 1. The predicted molar refractivity (Wildman–Crippen MR) is 109 cm³/mol. The highest BCUT2D eigenvalue weighted by molar-refractivity contribution is 5.92. The molecule has 3 rings (SSSR count). The zero-order chi connectivity index (χ0) is 19.7. The minimum atomic E-state index is -0.252. The van der Waals surface area contributed by atoms with E-state index in [0.29, 0.717) is 12.3 Å². The Bertz CT molecular complexity index is 878. The van der Waals surface area contributed by atoms with Crippen LogP contribution in [0.1, 0.15) is 61.3 Å². The highest BCUT2D eigenvalue weighted by Gasteiger charge is 2.30. The van der Waals surface area contributed by atoms with E-state index >= 15 is 0 Å². The molecule has 1 unspecified atom stereocenters. The van der Waals surface area contributed by atoms with Gasteiger partial charge in [0.05, 0.1) is 6.42 Å². The summed E-state index contributed by atoms with van der Waals surface area (Å²) in [4.78, 5) is 13.9. The van der Waals surface area contributed by atoms with Crippen LogP contribution in [0.2, 0.25) is 0 Å². The molecule has 0 radical (unpaired) electrons. The molecule has 0 saturated heterocycles. The molecule has 2 aromatic carbocycles. The summed E-state index contributed by atoms with van der Waals surface area (Å²) in [7, 11) is 3.51. The second-order valence-electron chi connectivity index (χ2n) is 8.01. The molecule has 1 amide bonds. The Balaban J connectivity index is 1.94. The van der Waals surface area contributed by atoms with Crippen LogP contribution in [0.5, 0.6) is 0 Å². The fraction of sp³-hybridized carbons (Fsp3) is 0.375. The summed E-state index contributed by atoms with van der Waals surface area (Å²) < 4.78 is 13.9. The highest BCUT2D eigenvalue weighted by Crippen LogP contribution is 2.45. The topological polar surface area (TPSA) is 20.3 Å². The van der Waals surface area contributed by atoms with Gasteiger partial charge in [0.1, 0.15) is 5.82 Å². The van der Waals surface area contributed by atoms with Crippen molar-refractivity contribution in [2.24, 2.45) is 0 Å². The van der Waals surface area contributed by atoms with Gasteiger partial charge in [-0.05, 0) is 59.2 Å². The molecule has 0 aliphatic heterocycles. The number of benzene rings is 2. The minimum absolute atomic E-state index is 0.0431. The van der Waals surface area contributed by atoms with Crippen LogP contribution in [0.25, 0.3) is 5.57 Å². The maximum Gasteiger partial charge on any atom is 0.226 e. The summed E-state index contributed by atoms with van der Waals surface area (Å²) in [5.41, 5.74) is 6.78. The summed E-state index contributed by atoms with van der Waals surface area (Å²) in [6.45, 7) is 6.47. The second kappa shape index (κ2) is 7.67. The number of rotatable bonds is 5. The zero-order valence-electron chi connectivity index (χ0n) is 16.8. The number of fused-ring (bicyclic) bond motifs is 1.